The molecule has 0 spiro atoms. The summed E-state index contributed by atoms with van der Waals surface area (Å²) >= 11 is 2.38. The van der Waals surface area contributed by atoms with Crippen LogP contribution >= 0.6 is 23.1 Å². The molecule has 2 heterocycles. The van der Waals surface area contributed by atoms with Gasteiger partial charge in [0.25, 0.3) is 5.56 Å². The van der Waals surface area contributed by atoms with Gasteiger partial charge in [0.2, 0.25) is 11.8 Å². The molecular formula is C16H17N3O5S2. The Morgan fingerprint density at radius 3 is 3.00 bits per heavy atom. The van der Waals surface area contributed by atoms with Crippen LogP contribution in [-0.4, -0.2) is 39.3 Å². The smallest absolute Gasteiger partial charge is 0.341 e. The summed E-state index contributed by atoms with van der Waals surface area (Å²) in [6, 6.07) is 0.947. The lowest BCUT2D eigenvalue weighted by Gasteiger charge is -2.08. The highest BCUT2D eigenvalue weighted by Gasteiger charge is 2.28. The number of aromatic hydroxyl groups is 1. The van der Waals surface area contributed by atoms with Gasteiger partial charge in [-0.3, -0.25) is 9.59 Å². The first-order valence-corrected chi connectivity index (χ1v) is 9.82. The Hall–Kier alpha value is -2.33. The number of aryl methyl sites for hydroxylation is 1. The second kappa shape index (κ2) is 7.92. The summed E-state index contributed by atoms with van der Waals surface area (Å²) in [5.74, 6) is -1.20. The van der Waals surface area contributed by atoms with Crippen molar-refractivity contribution in [1.82, 2.24) is 9.97 Å². The largest absolute Gasteiger partial charge is 0.493 e. The number of aromatic amines is 1. The molecule has 3 N–H and O–H groups in total. The zero-order valence-electron chi connectivity index (χ0n) is 14.0. The van der Waals surface area contributed by atoms with E-state index in [0.717, 1.165) is 47.5 Å². The van der Waals surface area contributed by atoms with Gasteiger partial charge in [0.15, 0.2) is 5.16 Å². The molecule has 0 bridgehead atoms. The molecule has 1 aliphatic rings. The fourth-order valence-corrected chi connectivity index (χ4v) is 4.66. The molecule has 0 unspecified atom stereocenters. The van der Waals surface area contributed by atoms with Gasteiger partial charge in [0, 0.05) is 4.88 Å². The number of ether oxygens (including phenoxy) is 1. The minimum atomic E-state index is -0.500. The fourth-order valence-electron chi connectivity index (χ4n) is 2.70. The molecule has 2 aromatic rings. The maximum atomic E-state index is 12.3. The molecule has 0 fully saturated rings. The number of nitrogens with zero attached hydrogens (tertiary/aromatic N) is 1. The number of carbonyl (C=O) groups is 2. The molecule has 1 aliphatic carbocycles. The first kappa shape index (κ1) is 18.5. The molecule has 138 valence electrons. The van der Waals surface area contributed by atoms with E-state index in [1.165, 1.54) is 11.3 Å². The summed E-state index contributed by atoms with van der Waals surface area (Å²) < 4.78 is 5.12. The average Bonchev–Trinajstić information content (AvgIpc) is 3.12. The van der Waals surface area contributed by atoms with Crippen LogP contribution in [0.4, 0.5) is 5.00 Å². The van der Waals surface area contributed by atoms with Gasteiger partial charge in [-0.2, -0.15) is 4.98 Å². The number of amides is 1. The molecular weight excluding hydrogens is 378 g/mol. The van der Waals surface area contributed by atoms with Gasteiger partial charge in [-0.1, -0.05) is 11.8 Å². The lowest BCUT2D eigenvalue weighted by molar-refractivity contribution is -0.113. The van der Waals surface area contributed by atoms with Gasteiger partial charge < -0.3 is 20.1 Å². The first-order chi connectivity index (χ1) is 12.5. The topological polar surface area (TPSA) is 121 Å². The number of anilines is 1. The lowest BCUT2D eigenvalue weighted by atomic mass is 10.1. The number of nitrogens with one attached hydrogen (secondary N) is 2. The molecule has 2 aromatic heterocycles. The van der Waals surface area contributed by atoms with E-state index in [2.05, 4.69) is 15.3 Å². The van der Waals surface area contributed by atoms with Crippen LogP contribution in [0.25, 0.3) is 0 Å². The summed E-state index contributed by atoms with van der Waals surface area (Å²) in [5.41, 5.74) is 0.918. The van der Waals surface area contributed by atoms with Crippen LogP contribution in [0.5, 0.6) is 5.88 Å². The maximum absolute atomic E-state index is 12.3. The molecule has 8 nitrogen and oxygen atoms in total. The molecule has 1 amide bonds. The van der Waals surface area contributed by atoms with E-state index in [4.69, 9.17) is 4.74 Å². The number of carbonyl (C=O) groups excluding carboxylic acids is 2. The van der Waals surface area contributed by atoms with Gasteiger partial charge in [-0.15, -0.1) is 11.3 Å². The van der Waals surface area contributed by atoms with E-state index in [0.29, 0.717) is 10.6 Å². The van der Waals surface area contributed by atoms with E-state index < -0.39 is 17.4 Å². The predicted octanol–water partition coefficient (Wildman–Crippen LogP) is 1.93. The van der Waals surface area contributed by atoms with Gasteiger partial charge in [0.05, 0.1) is 24.0 Å². The number of aromatic nitrogens is 2. The van der Waals surface area contributed by atoms with E-state index in [1.807, 2.05) is 0 Å². The first-order valence-electron chi connectivity index (χ1n) is 8.02. The van der Waals surface area contributed by atoms with Crippen LogP contribution in [0.15, 0.2) is 16.0 Å². The summed E-state index contributed by atoms with van der Waals surface area (Å²) in [6.07, 6.45) is 2.69. The molecule has 0 saturated carbocycles. The predicted molar refractivity (Wildman–Crippen MR) is 98.2 cm³/mol. The Balaban J connectivity index is 1.71. The van der Waals surface area contributed by atoms with Crippen molar-refractivity contribution in [2.45, 2.75) is 31.3 Å². The second-order valence-electron chi connectivity index (χ2n) is 5.53. The van der Waals surface area contributed by atoms with Crippen molar-refractivity contribution in [3.8, 4) is 5.88 Å². The number of thiophene rings is 1. The summed E-state index contributed by atoms with van der Waals surface area (Å²) in [5, 5.41) is 12.7. The van der Waals surface area contributed by atoms with Crippen LogP contribution in [-0.2, 0) is 22.4 Å². The Bertz CT molecular complexity index is 906. The molecule has 0 aromatic carbocycles. The van der Waals surface area contributed by atoms with Crippen LogP contribution < -0.4 is 10.9 Å². The normalized spacial score (nSPS) is 12.7. The number of hydrogen-bond acceptors (Lipinski definition) is 8. The number of hydrogen-bond donors (Lipinski definition) is 3. The van der Waals surface area contributed by atoms with Crippen molar-refractivity contribution in [3.05, 3.63) is 32.4 Å². The molecule has 0 radical (unpaired) electrons. The number of H-pyrrole nitrogens is 1. The number of thioether (sulfide) groups is 1. The molecule has 0 saturated heterocycles. The Morgan fingerprint density at radius 2 is 2.27 bits per heavy atom. The highest BCUT2D eigenvalue weighted by Crippen LogP contribution is 2.39. The lowest BCUT2D eigenvalue weighted by Crippen LogP contribution is -2.17. The molecule has 26 heavy (non-hydrogen) atoms. The third kappa shape index (κ3) is 4.07. The maximum Gasteiger partial charge on any atom is 0.341 e. The Labute approximate surface area is 157 Å². The van der Waals surface area contributed by atoms with Crippen LogP contribution in [0.2, 0.25) is 0 Å². The summed E-state index contributed by atoms with van der Waals surface area (Å²) in [6.45, 7) is 2.01. The number of esters is 1. The average molecular weight is 395 g/mol. The van der Waals surface area contributed by atoms with Gasteiger partial charge >= 0.3 is 5.97 Å². The summed E-state index contributed by atoms with van der Waals surface area (Å²) in [4.78, 5) is 43.1. The fraction of sp³-hybridized carbons (Fsp3) is 0.375. The molecule has 10 heteroatoms. The third-order valence-electron chi connectivity index (χ3n) is 3.70. The van der Waals surface area contributed by atoms with Crippen molar-refractivity contribution in [2.75, 3.05) is 17.7 Å². The molecule has 3 rings (SSSR count). The minimum Gasteiger partial charge on any atom is -0.493 e. The van der Waals surface area contributed by atoms with Crippen molar-refractivity contribution in [3.63, 3.8) is 0 Å². The zero-order chi connectivity index (χ0) is 18.7. The minimum absolute atomic E-state index is 0.0305. The SMILES string of the molecule is CCOC(=O)c1c(NC(=O)CSc2nc(O)cc(=O)[nH]2)sc2c1CCC2. The summed E-state index contributed by atoms with van der Waals surface area (Å²) in [7, 11) is 0. The number of rotatable bonds is 6. The van der Waals surface area contributed by atoms with Crippen molar-refractivity contribution in [2.24, 2.45) is 0 Å². The van der Waals surface area contributed by atoms with E-state index in [9.17, 15) is 19.5 Å². The second-order valence-corrected chi connectivity index (χ2v) is 7.60. The Morgan fingerprint density at radius 1 is 1.46 bits per heavy atom. The van der Waals surface area contributed by atoms with Crippen molar-refractivity contribution >= 4 is 40.0 Å². The van der Waals surface area contributed by atoms with Crippen molar-refractivity contribution < 1.29 is 19.4 Å². The quantitative estimate of drug-likeness (QED) is 0.388. The standard InChI is InChI=1S/C16H17N3O5S2/c1-2-24-15(23)13-8-4-3-5-9(8)26-14(13)17-12(22)7-25-16-18-10(20)6-11(21)19-16/h6H,2-5,7H2,1H3,(H,17,22)(H2,18,19,20,21). The third-order valence-corrected chi connectivity index (χ3v) is 5.78. The van der Waals surface area contributed by atoms with Crippen LogP contribution in [0.3, 0.4) is 0 Å². The monoisotopic (exact) mass is 395 g/mol. The van der Waals surface area contributed by atoms with Crippen LogP contribution in [0.1, 0.15) is 34.1 Å². The van der Waals surface area contributed by atoms with E-state index in [-0.39, 0.29) is 23.4 Å². The molecule has 0 aliphatic heterocycles. The van der Waals surface area contributed by atoms with E-state index >= 15 is 0 Å². The van der Waals surface area contributed by atoms with Crippen molar-refractivity contribution in [1.29, 1.82) is 0 Å². The van der Waals surface area contributed by atoms with Crippen LogP contribution in [0, 0.1) is 0 Å². The highest BCUT2D eigenvalue weighted by atomic mass is 32.2. The van der Waals surface area contributed by atoms with Gasteiger partial charge in [0.1, 0.15) is 5.00 Å². The van der Waals surface area contributed by atoms with E-state index in [1.54, 1.807) is 6.92 Å². The zero-order valence-corrected chi connectivity index (χ0v) is 15.6. The van der Waals surface area contributed by atoms with Gasteiger partial charge in [-0.25, -0.2) is 4.79 Å². The Kier molecular flexibility index (Phi) is 5.62. The number of fused-ring (bicyclic) bond motifs is 1. The highest BCUT2D eigenvalue weighted by molar-refractivity contribution is 7.99. The van der Waals surface area contributed by atoms with Gasteiger partial charge in [-0.05, 0) is 31.7 Å². The molecule has 0 atom stereocenters.